The highest BCUT2D eigenvalue weighted by molar-refractivity contribution is 5.86. The van der Waals surface area contributed by atoms with Crippen LogP contribution < -0.4 is 5.73 Å². The number of nitrogens with two attached hydrogens (primary N) is 1. The van der Waals surface area contributed by atoms with Crippen LogP contribution in [-0.4, -0.2) is 26.8 Å². The Morgan fingerprint density at radius 2 is 2.20 bits per heavy atom. The number of rotatable bonds is 3. The van der Waals surface area contributed by atoms with Gasteiger partial charge in [-0.25, -0.2) is 0 Å². The van der Waals surface area contributed by atoms with Gasteiger partial charge in [-0.3, -0.25) is 9.48 Å². The molecule has 1 rings (SSSR count). The van der Waals surface area contributed by atoms with Crippen LogP contribution in [0.5, 0.6) is 0 Å². The zero-order chi connectivity index (χ0) is 11.6. The van der Waals surface area contributed by atoms with Crippen molar-refractivity contribution in [3.8, 4) is 0 Å². The lowest BCUT2D eigenvalue weighted by Gasteiger charge is -2.25. The van der Waals surface area contributed by atoms with Gasteiger partial charge in [0.25, 0.3) is 0 Å². The van der Waals surface area contributed by atoms with E-state index in [4.69, 9.17) is 5.73 Å². The molecule has 0 radical (unpaired) electrons. The number of carbonyl (C=O) groups excluding carboxylic acids is 1. The highest BCUT2D eigenvalue weighted by atomic mass is 16.1. The summed E-state index contributed by atoms with van der Waals surface area (Å²) in [6.07, 6.45) is 1.99. The average Bonchev–Trinajstić information content (AvgIpc) is 2.48. The van der Waals surface area contributed by atoms with E-state index in [0.717, 1.165) is 0 Å². The van der Waals surface area contributed by atoms with Crippen molar-refractivity contribution in [3.63, 3.8) is 0 Å². The summed E-state index contributed by atoms with van der Waals surface area (Å²) in [5.41, 5.74) is 6.30. The fourth-order valence-corrected chi connectivity index (χ4v) is 1.25. The first-order chi connectivity index (χ1) is 6.80. The summed E-state index contributed by atoms with van der Waals surface area (Å²) in [5, 5.41) is 7.62. The van der Waals surface area contributed by atoms with E-state index < -0.39 is 6.04 Å². The summed E-state index contributed by atoms with van der Waals surface area (Å²) in [5.74, 6) is 0.00278. The third kappa shape index (κ3) is 3.13. The number of carbonyl (C=O) groups is 1. The lowest BCUT2D eigenvalue weighted by Crippen LogP contribution is -2.43. The predicted molar refractivity (Wildman–Crippen MR) is 57.1 cm³/mol. The smallest absolute Gasteiger partial charge is 0.156 e. The first-order valence-electron chi connectivity index (χ1n) is 4.94. The molecule has 0 aliphatic carbocycles. The predicted octanol–water partition coefficient (Wildman–Crippen LogP) is 0.300. The molecule has 5 nitrogen and oxygen atoms in total. The maximum absolute atomic E-state index is 11.8. The molecule has 2 N–H and O–H groups in total. The van der Waals surface area contributed by atoms with Gasteiger partial charge >= 0.3 is 0 Å². The highest BCUT2D eigenvalue weighted by Gasteiger charge is 2.27. The van der Waals surface area contributed by atoms with Crippen molar-refractivity contribution in [2.24, 2.45) is 18.2 Å². The number of Topliss-reactive ketones (excluding diaryl/α,β-unsaturated/α-hetero) is 1. The van der Waals surface area contributed by atoms with Gasteiger partial charge in [0.2, 0.25) is 0 Å². The van der Waals surface area contributed by atoms with Crippen molar-refractivity contribution in [2.45, 2.75) is 33.2 Å². The molecule has 1 unspecified atom stereocenters. The molecule has 1 aromatic heterocycles. The number of hydrogen-bond donors (Lipinski definition) is 1. The van der Waals surface area contributed by atoms with E-state index in [2.05, 4.69) is 10.3 Å². The van der Waals surface area contributed by atoms with E-state index in [1.54, 1.807) is 17.9 Å². The number of nitrogens with zero attached hydrogens (tertiary/aromatic N) is 3. The SMILES string of the molecule is Cn1cc(CC(=O)C(N)C(C)(C)C)nn1. The van der Waals surface area contributed by atoms with Gasteiger partial charge in [-0.2, -0.15) is 0 Å². The molecule has 0 fully saturated rings. The highest BCUT2D eigenvalue weighted by Crippen LogP contribution is 2.18. The maximum atomic E-state index is 11.8. The van der Waals surface area contributed by atoms with Gasteiger partial charge in [-0.15, -0.1) is 5.10 Å². The Morgan fingerprint density at radius 1 is 1.60 bits per heavy atom. The molecule has 0 bridgehead atoms. The molecule has 0 aliphatic heterocycles. The van der Waals surface area contributed by atoms with Gasteiger partial charge < -0.3 is 5.73 Å². The van der Waals surface area contributed by atoms with Crippen molar-refractivity contribution in [1.82, 2.24) is 15.0 Å². The van der Waals surface area contributed by atoms with Crippen LogP contribution in [0.25, 0.3) is 0 Å². The topological polar surface area (TPSA) is 73.8 Å². The first-order valence-corrected chi connectivity index (χ1v) is 4.94. The Morgan fingerprint density at radius 3 is 2.60 bits per heavy atom. The molecule has 0 amide bonds. The second kappa shape index (κ2) is 4.10. The van der Waals surface area contributed by atoms with Crippen LogP contribution in [0.15, 0.2) is 6.20 Å². The third-order valence-corrected chi connectivity index (χ3v) is 2.29. The largest absolute Gasteiger partial charge is 0.321 e. The van der Waals surface area contributed by atoms with Crippen molar-refractivity contribution in [1.29, 1.82) is 0 Å². The fourth-order valence-electron chi connectivity index (χ4n) is 1.25. The maximum Gasteiger partial charge on any atom is 0.156 e. The molecule has 0 aliphatic rings. The molecule has 0 saturated carbocycles. The van der Waals surface area contributed by atoms with Gasteiger partial charge in [0, 0.05) is 13.2 Å². The lowest BCUT2D eigenvalue weighted by atomic mass is 9.84. The molecule has 0 aromatic carbocycles. The summed E-state index contributed by atoms with van der Waals surface area (Å²) < 4.78 is 1.57. The number of aromatic nitrogens is 3. The Kier molecular flexibility index (Phi) is 3.24. The van der Waals surface area contributed by atoms with Gasteiger partial charge in [0.1, 0.15) is 0 Å². The van der Waals surface area contributed by atoms with Crippen LogP contribution in [0.2, 0.25) is 0 Å². The number of ketones is 1. The molecule has 0 saturated heterocycles. The summed E-state index contributed by atoms with van der Waals surface area (Å²) in [7, 11) is 1.77. The molecule has 84 valence electrons. The van der Waals surface area contributed by atoms with E-state index in [9.17, 15) is 4.79 Å². The van der Waals surface area contributed by atoms with Crippen molar-refractivity contribution >= 4 is 5.78 Å². The fraction of sp³-hybridized carbons (Fsp3) is 0.700. The van der Waals surface area contributed by atoms with Crippen molar-refractivity contribution in [2.75, 3.05) is 0 Å². The molecular formula is C10H18N4O. The van der Waals surface area contributed by atoms with Crippen molar-refractivity contribution < 1.29 is 4.79 Å². The molecule has 15 heavy (non-hydrogen) atoms. The van der Waals surface area contributed by atoms with Gasteiger partial charge in [-0.1, -0.05) is 26.0 Å². The quantitative estimate of drug-likeness (QED) is 0.778. The minimum absolute atomic E-state index is 0.00278. The second-order valence-electron chi connectivity index (χ2n) is 4.87. The Labute approximate surface area is 89.6 Å². The van der Waals surface area contributed by atoms with Crippen LogP contribution in [0, 0.1) is 5.41 Å². The Hall–Kier alpha value is -1.23. The minimum atomic E-state index is -0.459. The summed E-state index contributed by atoms with van der Waals surface area (Å²) in [6.45, 7) is 5.85. The summed E-state index contributed by atoms with van der Waals surface area (Å²) in [6, 6.07) is -0.459. The Bertz CT molecular complexity index is 351. The molecule has 1 aromatic rings. The van der Waals surface area contributed by atoms with E-state index in [-0.39, 0.29) is 17.6 Å². The van der Waals surface area contributed by atoms with Crippen LogP contribution in [0.1, 0.15) is 26.5 Å². The molecule has 1 heterocycles. The molecule has 1 atom stereocenters. The van der Waals surface area contributed by atoms with E-state index in [1.807, 2.05) is 20.8 Å². The van der Waals surface area contributed by atoms with E-state index in [1.165, 1.54) is 0 Å². The van der Waals surface area contributed by atoms with Crippen molar-refractivity contribution in [3.05, 3.63) is 11.9 Å². The van der Waals surface area contributed by atoms with Crippen LogP contribution in [0.3, 0.4) is 0 Å². The van der Waals surface area contributed by atoms with E-state index >= 15 is 0 Å². The average molecular weight is 210 g/mol. The Balaban J connectivity index is 2.64. The first kappa shape index (κ1) is 11.8. The second-order valence-corrected chi connectivity index (χ2v) is 4.87. The monoisotopic (exact) mass is 210 g/mol. The van der Waals surface area contributed by atoms with Gasteiger partial charge in [0.15, 0.2) is 5.78 Å². The minimum Gasteiger partial charge on any atom is -0.321 e. The van der Waals surface area contributed by atoms with Gasteiger partial charge in [0.05, 0.1) is 18.2 Å². The van der Waals surface area contributed by atoms with Gasteiger partial charge in [-0.05, 0) is 5.41 Å². The third-order valence-electron chi connectivity index (χ3n) is 2.29. The number of hydrogen-bond acceptors (Lipinski definition) is 4. The van der Waals surface area contributed by atoms with Crippen LogP contribution in [0.4, 0.5) is 0 Å². The molecular weight excluding hydrogens is 192 g/mol. The van der Waals surface area contributed by atoms with E-state index in [0.29, 0.717) is 5.69 Å². The summed E-state index contributed by atoms with van der Waals surface area (Å²) in [4.78, 5) is 11.8. The molecule has 5 heteroatoms. The standard InChI is InChI=1S/C10H18N4O/c1-10(2,3)9(11)8(15)5-7-6-14(4)13-12-7/h6,9H,5,11H2,1-4H3. The molecule has 0 spiro atoms. The lowest BCUT2D eigenvalue weighted by molar-refractivity contribution is -0.121. The summed E-state index contributed by atoms with van der Waals surface area (Å²) >= 11 is 0. The zero-order valence-corrected chi connectivity index (χ0v) is 9.69. The van der Waals surface area contributed by atoms with Crippen LogP contribution in [-0.2, 0) is 18.3 Å². The zero-order valence-electron chi connectivity index (χ0n) is 9.69. The normalized spacial score (nSPS) is 13.9. The van der Waals surface area contributed by atoms with Crippen LogP contribution >= 0.6 is 0 Å². The number of aryl methyl sites for hydroxylation is 1.